The van der Waals surface area contributed by atoms with Crippen LogP contribution in [0.3, 0.4) is 0 Å². The van der Waals surface area contributed by atoms with Crippen molar-refractivity contribution in [3.63, 3.8) is 0 Å². The van der Waals surface area contributed by atoms with Crippen molar-refractivity contribution in [1.82, 2.24) is 9.21 Å². The van der Waals surface area contributed by atoms with Crippen LogP contribution in [-0.2, 0) is 21.3 Å². The van der Waals surface area contributed by atoms with Crippen LogP contribution in [-0.4, -0.2) is 63.3 Å². The van der Waals surface area contributed by atoms with Crippen molar-refractivity contribution >= 4 is 10.0 Å². The van der Waals surface area contributed by atoms with Crippen molar-refractivity contribution < 1.29 is 13.2 Å². The number of hydrogen-bond acceptors (Lipinski definition) is 4. The highest BCUT2D eigenvalue weighted by atomic mass is 32.2. The van der Waals surface area contributed by atoms with Crippen molar-refractivity contribution in [3.05, 3.63) is 35.9 Å². The van der Waals surface area contributed by atoms with Gasteiger partial charge in [0.05, 0.1) is 12.9 Å². The van der Waals surface area contributed by atoms with Crippen LogP contribution in [0.5, 0.6) is 0 Å². The minimum atomic E-state index is -3.20. The number of ether oxygens (including phenoxy) is 1. The molecule has 0 radical (unpaired) electrons. The highest BCUT2D eigenvalue weighted by Crippen LogP contribution is 2.37. The molecule has 0 aliphatic carbocycles. The maximum Gasteiger partial charge on any atom is 0.211 e. The molecule has 1 spiro atoms. The molecule has 1 aromatic carbocycles. The molecule has 2 saturated heterocycles. The van der Waals surface area contributed by atoms with Gasteiger partial charge < -0.3 is 9.64 Å². The van der Waals surface area contributed by atoms with Gasteiger partial charge in [0.15, 0.2) is 0 Å². The van der Waals surface area contributed by atoms with Gasteiger partial charge in [-0.1, -0.05) is 30.3 Å². The second-order valence-electron chi connectivity index (χ2n) is 6.91. The normalized spacial score (nSPS) is 25.7. The summed E-state index contributed by atoms with van der Waals surface area (Å²) in [5, 5.41) is 0. The summed E-state index contributed by atoms with van der Waals surface area (Å²) in [5.74, 6) is 0. The molecule has 6 heteroatoms. The summed E-state index contributed by atoms with van der Waals surface area (Å²) in [4.78, 5) is 2.39. The van der Waals surface area contributed by atoms with Gasteiger partial charge >= 0.3 is 0 Å². The number of likely N-dealkylation sites (tertiary alicyclic amines) is 1. The highest BCUT2D eigenvalue weighted by molar-refractivity contribution is 7.88. The predicted molar refractivity (Wildman–Crippen MR) is 90.6 cm³/mol. The number of hydrogen-bond donors (Lipinski definition) is 0. The Bertz CT molecular complexity index is 612. The molecule has 1 aromatic rings. The maximum absolute atomic E-state index is 12.1. The van der Waals surface area contributed by atoms with Crippen LogP contribution in [0.4, 0.5) is 0 Å². The Kier molecular flexibility index (Phi) is 5.06. The number of benzene rings is 1. The van der Waals surface area contributed by atoms with Crippen molar-refractivity contribution in [2.75, 3.05) is 45.6 Å². The summed E-state index contributed by atoms with van der Waals surface area (Å²) in [6.45, 7) is 5.61. The summed E-state index contributed by atoms with van der Waals surface area (Å²) in [6, 6.07) is 9.78. The zero-order valence-electron chi connectivity index (χ0n) is 13.8. The lowest BCUT2D eigenvalue weighted by molar-refractivity contribution is 0.151. The van der Waals surface area contributed by atoms with Crippen LogP contribution in [0.25, 0.3) is 0 Å². The molecule has 0 saturated carbocycles. The van der Waals surface area contributed by atoms with Crippen LogP contribution >= 0.6 is 0 Å². The summed E-state index contributed by atoms with van der Waals surface area (Å²) in [6.07, 6.45) is 3.61. The Morgan fingerprint density at radius 2 is 2.04 bits per heavy atom. The van der Waals surface area contributed by atoms with E-state index in [0.29, 0.717) is 18.5 Å². The van der Waals surface area contributed by atoms with Gasteiger partial charge in [0.1, 0.15) is 0 Å². The van der Waals surface area contributed by atoms with Crippen molar-refractivity contribution in [3.8, 4) is 0 Å². The monoisotopic (exact) mass is 338 g/mol. The molecule has 1 unspecified atom stereocenters. The first-order chi connectivity index (χ1) is 11.0. The fourth-order valence-electron chi connectivity index (χ4n) is 3.59. The van der Waals surface area contributed by atoms with E-state index in [1.54, 1.807) is 4.31 Å². The predicted octanol–water partition coefficient (Wildman–Crippen LogP) is 1.56. The first kappa shape index (κ1) is 16.9. The highest BCUT2D eigenvalue weighted by Gasteiger charge is 2.41. The van der Waals surface area contributed by atoms with Gasteiger partial charge in [0, 0.05) is 38.2 Å². The Morgan fingerprint density at radius 1 is 1.26 bits per heavy atom. The Morgan fingerprint density at radius 3 is 2.70 bits per heavy atom. The van der Waals surface area contributed by atoms with E-state index in [0.717, 1.165) is 44.8 Å². The molecule has 0 amide bonds. The molecule has 0 bridgehead atoms. The zero-order valence-corrected chi connectivity index (χ0v) is 14.6. The Balaban J connectivity index is 1.57. The van der Waals surface area contributed by atoms with Gasteiger partial charge in [-0.3, -0.25) is 0 Å². The van der Waals surface area contributed by atoms with E-state index >= 15 is 0 Å². The molecule has 3 rings (SSSR count). The standard InChI is InChI=1S/C17H26N2O3S/c1-23(20,21)19(13-16-5-3-2-4-6-16)11-10-18-9-7-17(14-18)8-12-22-15-17/h2-6H,7-15H2,1H3. The number of sulfonamides is 1. The average Bonchev–Trinajstić information content (AvgIpc) is 3.14. The third-order valence-electron chi connectivity index (χ3n) is 5.04. The summed E-state index contributed by atoms with van der Waals surface area (Å²) in [7, 11) is -3.20. The lowest BCUT2D eigenvalue weighted by atomic mass is 9.87. The molecule has 128 valence electrons. The van der Waals surface area contributed by atoms with Crippen molar-refractivity contribution in [1.29, 1.82) is 0 Å². The Labute approximate surface area is 139 Å². The van der Waals surface area contributed by atoms with Gasteiger partial charge in [0.2, 0.25) is 10.0 Å². The van der Waals surface area contributed by atoms with E-state index in [1.807, 2.05) is 30.3 Å². The SMILES string of the molecule is CS(=O)(=O)N(CCN1CCC2(CCOC2)C1)Cc1ccccc1. The molecular weight excluding hydrogens is 312 g/mol. The molecule has 1 atom stereocenters. The fraction of sp³-hybridized carbons (Fsp3) is 0.647. The Hall–Kier alpha value is -0.950. The smallest absolute Gasteiger partial charge is 0.211 e. The van der Waals surface area contributed by atoms with Gasteiger partial charge in [-0.15, -0.1) is 0 Å². The molecule has 2 heterocycles. The first-order valence-electron chi connectivity index (χ1n) is 8.26. The van der Waals surface area contributed by atoms with E-state index in [2.05, 4.69) is 4.90 Å². The quantitative estimate of drug-likeness (QED) is 0.790. The van der Waals surface area contributed by atoms with Gasteiger partial charge in [-0.2, -0.15) is 4.31 Å². The van der Waals surface area contributed by atoms with Crippen LogP contribution in [0.15, 0.2) is 30.3 Å². The number of rotatable bonds is 6. The van der Waals surface area contributed by atoms with Gasteiger partial charge in [-0.05, 0) is 24.9 Å². The fourth-order valence-corrected chi connectivity index (χ4v) is 4.39. The van der Waals surface area contributed by atoms with E-state index in [4.69, 9.17) is 4.74 Å². The molecule has 2 fully saturated rings. The molecule has 2 aliphatic rings. The van der Waals surface area contributed by atoms with E-state index < -0.39 is 10.0 Å². The van der Waals surface area contributed by atoms with Gasteiger partial charge in [-0.25, -0.2) is 8.42 Å². The third-order valence-corrected chi connectivity index (χ3v) is 6.29. The van der Waals surface area contributed by atoms with Crippen molar-refractivity contribution in [2.24, 2.45) is 5.41 Å². The summed E-state index contributed by atoms with van der Waals surface area (Å²) < 4.78 is 31.3. The van der Waals surface area contributed by atoms with Crippen LogP contribution < -0.4 is 0 Å². The molecule has 23 heavy (non-hydrogen) atoms. The van der Waals surface area contributed by atoms with E-state index in [1.165, 1.54) is 12.7 Å². The lowest BCUT2D eigenvalue weighted by Gasteiger charge is -2.25. The summed E-state index contributed by atoms with van der Waals surface area (Å²) >= 11 is 0. The van der Waals surface area contributed by atoms with E-state index in [-0.39, 0.29) is 0 Å². The number of nitrogens with zero attached hydrogens (tertiary/aromatic N) is 2. The van der Waals surface area contributed by atoms with Gasteiger partial charge in [0.25, 0.3) is 0 Å². The van der Waals surface area contributed by atoms with Crippen LogP contribution in [0.2, 0.25) is 0 Å². The minimum absolute atomic E-state index is 0.329. The maximum atomic E-state index is 12.1. The topological polar surface area (TPSA) is 49.9 Å². The second-order valence-corrected chi connectivity index (χ2v) is 8.89. The minimum Gasteiger partial charge on any atom is -0.381 e. The van der Waals surface area contributed by atoms with Crippen molar-refractivity contribution in [2.45, 2.75) is 19.4 Å². The summed E-state index contributed by atoms with van der Waals surface area (Å²) in [5.41, 5.74) is 1.36. The molecule has 2 aliphatic heterocycles. The second kappa shape index (κ2) is 6.89. The lowest BCUT2D eigenvalue weighted by Crippen LogP contribution is -2.38. The van der Waals surface area contributed by atoms with Crippen LogP contribution in [0.1, 0.15) is 18.4 Å². The molecule has 5 nitrogen and oxygen atoms in total. The molecular formula is C17H26N2O3S. The average molecular weight is 338 g/mol. The molecule has 0 aromatic heterocycles. The zero-order chi connectivity index (χ0) is 16.3. The first-order valence-corrected chi connectivity index (χ1v) is 10.1. The largest absolute Gasteiger partial charge is 0.381 e. The van der Waals surface area contributed by atoms with E-state index in [9.17, 15) is 8.42 Å². The van der Waals surface area contributed by atoms with Crippen LogP contribution in [0, 0.1) is 5.41 Å². The molecule has 0 N–H and O–H groups in total. The third kappa shape index (κ3) is 4.32.